The molecule has 0 spiro atoms. The molecule has 0 saturated heterocycles. The average molecular weight is 418 g/mol. The summed E-state index contributed by atoms with van der Waals surface area (Å²) in [5.41, 5.74) is 2.04. The molecule has 6 nitrogen and oxygen atoms in total. The van der Waals surface area contributed by atoms with Crippen molar-refractivity contribution in [3.05, 3.63) is 95.6 Å². The number of amides is 2. The summed E-state index contributed by atoms with van der Waals surface area (Å²) in [7, 11) is -4.09. The molecular formula is C23H18N2O4S. The Bertz CT molecular complexity index is 1240. The molecule has 0 aliphatic heterocycles. The van der Waals surface area contributed by atoms with Crippen LogP contribution in [0.3, 0.4) is 0 Å². The number of sulfonamides is 1. The number of rotatable bonds is 4. The Balaban J connectivity index is 1.78. The van der Waals surface area contributed by atoms with E-state index in [4.69, 9.17) is 0 Å². The zero-order valence-corrected chi connectivity index (χ0v) is 16.9. The van der Waals surface area contributed by atoms with Gasteiger partial charge in [-0.15, -0.1) is 0 Å². The minimum Gasteiger partial charge on any atom is -0.321 e. The Labute approximate surface area is 175 Å². The van der Waals surface area contributed by atoms with Gasteiger partial charge in [0.25, 0.3) is 15.9 Å². The average Bonchev–Trinajstić information content (AvgIpc) is 2.73. The van der Waals surface area contributed by atoms with Crippen LogP contribution in [0.4, 0.5) is 5.69 Å². The first-order chi connectivity index (χ1) is 14.3. The van der Waals surface area contributed by atoms with Gasteiger partial charge in [0.15, 0.2) is 0 Å². The molecule has 0 heterocycles. The molecule has 150 valence electrons. The maximum absolute atomic E-state index is 12.6. The van der Waals surface area contributed by atoms with E-state index in [9.17, 15) is 18.0 Å². The molecule has 0 unspecified atom stereocenters. The van der Waals surface area contributed by atoms with E-state index in [1.54, 1.807) is 30.3 Å². The number of para-hydroxylation sites is 1. The minimum absolute atomic E-state index is 0.0733. The smallest absolute Gasteiger partial charge is 0.266 e. The highest BCUT2D eigenvalue weighted by Gasteiger charge is 2.20. The van der Waals surface area contributed by atoms with E-state index >= 15 is 0 Å². The molecule has 3 aromatic carbocycles. The monoisotopic (exact) mass is 418 g/mol. The molecule has 2 amide bonds. The van der Waals surface area contributed by atoms with Crippen molar-refractivity contribution in [2.75, 3.05) is 5.32 Å². The van der Waals surface area contributed by atoms with Crippen LogP contribution in [0.2, 0.25) is 0 Å². The van der Waals surface area contributed by atoms with Gasteiger partial charge >= 0.3 is 0 Å². The highest BCUT2D eigenvalue weighted by molar-refractivity contribution is 7.90. The predicted molar refractivity (Wildman–Crippen MR) is 114 cm³/mol. The number of hydrogen-bond donors (Lipinski definition) is 2. The second kappa shape index (κ2) is 9.07. The van der Waals surface area contributed by atoms with E-state index < -0.39 is 21.8 Å². The lowest BCUT2D eigenvalue weighted by Crippen LogP contribution is -2.29. The number of benzene rings is 3. The normalized spacial score (nSPS) is 10.4. The van der Waals surface area contributed by atoms with Crippen LogP contribution in [0.1, 0.15) is 28.4 Å². The molecule has 7 heteroatoms. The predicted octanol–water partition coefficient (Wildman–Crippen LogP) is 3.16. The molecule has 0 aromatic heterocycles. The summed E-state index contributed by atoms with van der Waals surface area (Å²) in [6.45, 7) is 1.10. The van der Waals surface area contributed by atoms with Crippen molar-refractivity contribution in [3.8, 4) is 11.8 Å². The van der Waals surface area contributed by atoms with Crippen LogP contribution in [0.5, 0.6) is 0 Å². The van der Waals surface area contributed by atoms with Crippen molar-refractivity contribution in [1.29, 1.82) is 0 Å². The van der Waals surface area contributed by atoms with Crippen molar-refractivity contribution >= 4 is 27.5 Å². The maximum Gasteiger partial charge on any atom is 0.266 e. The Hall–Kier alpha value is -3.89. The van der Waals surface area contributed by atoms with Crippen LogP contribution in [0, 0.1) is 11.8 Å². The fourth-order valence-corrected chi connectivity index (χ4v) is 3.77. The van der Waals surface area contributed by atoms with Crippen LogP contribution in [-0.2, 0) is 14.8 Å². The summed E-state index contributed by atoms with van der Waals surface area (Å²) in [5.74, 6) is 4.86. The van der Waals surface area contributed by atoms with Crippen LogP contribution >= 0.6 is 0 Å². The summed E-state index contributed by atoms with van der Waals surface area (Å²) in [4.78, 5) is 23.6. The number of carbonyl (C=O) groups excluding carboxylic acids is 2. The Morgan fingerprint density at radius 3 is 1.97 bits per heavy atom. The molecule has 0 atom stereocenters. The van der Waals surface area contributed by atoms with Crippen LogP contribution < -0.4 is 10.0 Å². The molecule has 30 heavy (non-hydrogen) atoms. The molecule has 0 saturated carbocycles. The lowest BCUT2D eigenvalue weighted by Gasteiger charge is -2.12. The van der Waals surface area contributed by atoms with Gasteiger partial charge in [0.2, 0.25) is 5.91 Å². The maximum atomic E-state index is 12.6. The Kier molecular flexibility index (Phi) is 6.30. The summed E-state index contributed by atoms with van der Waals surface area (Å²) in [5, 5.41) is 2.58. The van der Waals surface area contributed by atoms with E-state index in [0.717, 1.165) is 18.1 Å². The highest BCUT2D eigenvalue weighted by atomic mass is 32.2. The van der Waals surface area contributed by atoms with Gasteiger partial charge in [-0.05, 0) is 48.5 Å². The van der Waals surface area contributed by atoms with E-state index in [2.05, 4.69) is 17.2 Å². The highest BCUT2D eigenvalue weighted by Crippen LogP contribution is 2.21. The summed E-state index contributed by atoms with van der Waals surface area (Å²) in [6, 6.07) is 22.0. The second-order valence-electron chi connectivity index (χ2n) is 6.31. The summed E-state index contributed by atoms with van der Waals surface area (Å²) in [6.07, 6.45) is 0. The third kappa shape index (κ3) is 5.34. The second-order valence-corrected chi connectivity index (χ2v) is 7.96. The van der Waals surface area contributed by atoms with Crippen LogP contribution in [-0.4, -0.2) is 20.2 Å². The van der Waals surface area contributed by atoms with Gasteiger partial charge in [-0.25, -0.2) is 13.1 Å². The van der Waals surface area contributed by atoms with Gasteiger partial charge in [-0.1, -0.05) is 42.2 Å². The molecule has 3 rings (SSSR count). The quantitative estimate of drug-likeness (QED) is 0.637. The third-order valence-corrected chi connectivity index (χ3v) is 5.47. The Morgan fingerprint density at radius 1 is 0.767 bits per heavy atom. The molecule has 3 aromatic rings. The van der Waals surface area contributed by atoms with Crippen molar-refractivity contribution in [2.24, 2.45) is 0 Å². The molecule has 0 aliphatic carbocycles. The van der Waals surface area contributed by atoms with Gasteiger partial charge in [0.1, 0.15) is 4.90 Å². The first kappa shape index (κ1) is 20.8. The van der Waals surface area contributed by atoms with Crippen LogP contribution in [0.15, 0.2) is 83.8 Å². The summed E-state index contributed by atoms with van der Waals surface area (Å²) < 4.78 is 26.5. The Morgan fingerprint density at radius 2 is 1.33 bits per heavy atom. The molecule has 0 aliphatic rings. The van der Waals surface area contributed by atoms with Gasteiger partial charge in [0, 0.05) is 23.6 Å². The van der Waals surface area contributed by atoms with Gasteiger partial charge in [0.05, 0.1) is 5.69 Å². The van der Waals surface area contributed by atoms with Gasteiger partial charge in [-0.2, -0.15) is 0 Å². The zero-order valence-electron chi connectivity index (χ0n) is 16.0. The van der Waals surface area contributed by atoms with Crippen molar-refractivity contribution in [2.45, 2.75) is 11.8 Å². The van der Waals surface area contributed by atoms with Crippen LogP contribution in [0.25, 0.3) is 0 Å². The van der Waals surface area contributed by atoms with Crippen molar-refractivity contribution < 1.29 is 18.0 Å². The lowest BCUT2D eigenvalue weighted by molar-refractivity contribution is -0.117. The van der Waals surface area contributed by atoms with E-state index in [1.165, 1.54) is 18.2 Å². The zero-order chi connectivity index (χ0) is 21.6. The molecule has 0 bridgehead atoms. The van der Waals surface area contributed by atoms with E-state index in [-0.39, 0.29) is 10.6 Å². The van der Waals surface area contributed by atoms with E-state index in [0.29, 0.717) is 5.56 Å². The molecule has 2 N–H and O–H groups in total. The molecule has 0 radical (unpaired) electrons. The van der Waals surface area contributed by atoms with Gasteiger partial charge < -0.3 is 5.32 Å². The number of nitrogens with one attached hydrogen (secondary N) is 2. The van der Waals surface area contributed by atoms with Gasteiger partial charge in [-0.3, -0.25) is 9.59 Å². The molecular weight excluding hydrogens is 400 g/mol. The van der Waals surface area contributed by atoms with Crippen molar-refractivity contribution in [1.82, 2.24) is 4.72 Å². The standard InChI is InChI=1S/C23H18N2O4S/c1-17(26)25-30(28,29)22-10-6-5-9-21(22)24-23(27)20-15-13-19(14-16-20)12-11-18-7-3-2-4-8-18/h2-10,13-16H,1H3,(H,24,27)(H,25,26). The number of hydrogen-bond acceptors (Lipinski definition) is 4. The van der Waals surface area contributed by atoms with E-state index in [1.807, 2.05) is 35.1 Å². The SMILES string of the molecule is CC(=O)NS(=O)(=O)c1ccccc1NC(=O)c1ccc(C#Cc2ccccc2)cc1. The largest absolute Gasteiger partial charge is 0.321 e. The lowest BCUT2D eigenvalue weighted by atomic mass is 10.1. The number of anilines is 1. The first-order valence-electron chi connectivity index (χ1n) is 8.96. The fourth-order valence-electron chi connectivity index (χ4n) is 2.61. The summed E-state index contributed by atoms with van der Waals surface area (Å²) >= 11 is 0. The van der Waals surface area contributed by atoms with Crippen molar-refractivity contribution in [3.63, 3.8) is 0 Å². The third-order valence-electron chi connectivity index (χ3n) is 3.97. The topological polar surface area (TPSA) is 92.3 Å². The minimum atomic E-state index is -4.09. The fraction of sp³-hybridized carbons (Fsp3) is 0.0435. The number of carbonyl (C=O) groups is 2. The first-order valence-corrected chi connectivity index (χ1v) is 10.4. The molecule has 0 fully saturated rings.